The van der Waals surface area contributed by atoms with Gasteiger partial charge in [-0.2, -0.15) is 0 Å². The molecular formula is C28H28BrN3OS. The van der Waals surface area contributed by atoms with E-state index < -0.39 is 0 Å². The van der Waals surface area contributed by atoms with E-state index in [2.05, 4.69) is 81.3 Å². The largest absolute Gasteiger partial charge is 0.352 e. The summed E-state index contributed by atoms with van der Waals surface area (Å²) in [5.41, 5.74) is 5.15. The van der Waals surface area contributed by atoms with Crippen LogP contribution in [0.1, 0.15) is 30.1 Å². The number of aromatic nitrogens is 2. The molecule has 0 bridgehead atoms. The Balaban J connectivity index is 1.49. The van der Waals surface area contributed by atoms with Crippen molar-refractivity contribution in [3.63, 3.8) is 0 Å². The first-order chi connectivity index (χ1) is 16.7. The molecule has 0 aliphatic carbocycles. The van der Waals surface area contributed by atoms with Crippen molar-refractivity contribution in [2.45, 2.75) is 31.5 Å². The van der Waals surface area contributed by atoms with Gasteiger partial charge in [0.15, 0.2) is 5.16 Å². The monoisotopic (exact) mass is 533 g/mol. The molecule has 1 heterocycles. The van der Waals surface area contributed by atoms with E-state index in [4.69, 9.17) is 4.98 Å². The lowest BCUT2D eigenvalue weighted by molar-refractivity contribution is 0.0953. The van der Waals surface area contributed by atoms with Crippen LogP contribution in [-0.2, 0) is 6.54 Å². The Morgan fingerprint density at radius 2 is 1.68 bits per heavy atom. The highest BCUT2D eigenvalue weighted by Crippen LogP contribution is 2.36. The number of hydrogen-bond acceptors (Lipinski definition) is 3. The lowest BCUT2D eigenvalue weighted by atomic mass is 10.0. The molecule has 34 heavy (non-hydrogen) atoms. The molecule has 4 aromatic rings. The van der Waals surface area contributed by atoms with Gasteiger partial charge < -0.3 is 9.88 Å². The maximum Gasteiger partial charge on any atom is 0.251 e. The number of halogens is 1. The van der Waals surface area contributed by atoms with Crippen LogP contribution >= 0.6 is 27.7 Å². The maximum absolute atomic E-state index is 12.4. The minimum absolute atomic E-state index is 0.0449. The molecule has 0 saturated carbocycles. The molecule has 0 radical (unpaired) electrons. The number of rotatable bonds is 10. The molecule has 174 valence electrons. The number of imidazole rings is 1. The lowest BCUT2D eigenvalue weighted by Gasteiger charge is -2.12. The minimum atomic E-state index is -0.0449. The van der Waals surface area contributed by atoms with Crippen molar-refractivity contribution in [3.05, 3.63) is 95.0 Å². The molecule has 0 atom stereocenters. The van der Waals surface area contributed by atoms with E-state index in [9.17, 15) is 4.79 Å². The SMILES string of the molecule is CCCn1c(SCCCNC(=O)c2cccc(Br)c2)nc(-c2ccccc2)c1-c1ccccc1. The van der Waals surface area contributed by atoms with E-state index in [0.29, 0.717) is 12.1 Å². The van der Waals surface area contributed by atoms with Crippen LogP contribution in [-0.4, -0.2) is 27.8 Å². The molecule has 0 unspecified atom stereocenters. The van der Waals surface area contributed by atoms with E-state index >= 15 is 0 Å². The number of hydrogen-bond donors (Lipinski definition) is 1. The van der Waals surface area contributed by atoms with Crippen LogP contribution < -0.4 is 5.32 Å². The molecule has 1 amide bonds. The molecule has 0 aliphatic heterocycles. The van der Waals surface area contributed by atoms with E-state index in [0.717, 1.165) is 46.0 Å². The van der Waals surface area contributed by atoms with E-state index in [-0.39, 0.29) is 5.91 Å². The Labute approximate surface area is 213 Å². The van der Waals surface area contributed by atoms with Gasteiger partial charge in [-0.3, -0.25) is 4.79 Å². The van der Waals surface area contributed by atoms with Crippen molar-refractivity contribution in [1.82, 2.24) is 14.9 Å². The number of carbonyl (C=O) groups is 1. The van der Waals surface area contributed by atoms with Gasteiger partial charge in [0.1, 0.15) is 0 Å². The standard InChI is InChI=1S/C28H28BrN3OS/c1-2-18-32-26(22-13-7-4-8-14-22)25(21-11-5-3-6-12-21)31-28(32)34-19-10-17-30-27(33)23-15-9-16-24(29)20-23/h3-9,11-16,20H,2,10,17-19H2,1H3,(H,30,33). The third kappa shape index (κ3) is 5.99. The third-order valence-corrected chi connectivity index (χ3v) is 6.95. The summed E-state index contributed by atoms with van der Waals surface area (Å²) in [5, 5.41) is 4.05. The van der Waals surface area contributed by atoms with Crippen molar-refractivity contribution < 1.29 is 4.79 Å². The normalized spacial score (nSPS) is 10.9. The molecule has 1 aromatic heterocycles. The maximum atomic E-state index is 12.4. The minimum Gasteiger partial charge on any atom is -0.352 e. The van der Waals surface area contributed by atoms with Gasteiger partial charge in [0.05, 0.1) is 11.4 Å². The van der Waals surface area contributed by atoms with Crippen molar-refractivity contribution in [2.75, 3.05) is 12.3 Å². The van der Waals surface area contributed by atoms with E-state index in [1.807, 2.05) is 36.4 Å². The summed E-state index contributed by atoms with van der Waals surface area (Å²) >= 11 is 5.17. The summed E-state index contributed by atoms with van der Waals surface area (Å²) in [7, 11) is 0. The smallest absolute Gasteiger partial charge is 0.251 e. The Kier molecular flexibility index (Phi) is 8.61. The van der Waals surface area contributed by atoms with E-state index in [1.165, 1.54) is 11.3 Å². The number of nitrogens with one attached hydrogen (secondary N) is 1. The van der Waals surface area contributed by atoms with Crippen LogP contribution in [0.3, 0.4) is 0 Å². The summed E-state index contributed by atoms with van der Waals surface area (Å²) in [4.78, 5) is 17.5. The zero-order valence-corrected chi connectivity index (χ0v) is 21.6. The first kappa shape index (κ1) is 24.3. The molecule has 0 aliphatic rings. The van der Waals surface area contributed by atoms with Crippen LogP contribution in [0.15, 0.2) is 94.6 Å². The van der Waals surface area contributed by atoms with Gasteiger partial charge in [-0.15, -0.1) is 0 Å². The summed E-state index contributed by atoms with van der Waals surface area (Å²) in [5.74, 6) is 0.832. The fraction of sp³-hybridized carbons (Fsp3) is 0.214. The summed E-state index contributed by atoms with van der Waals surface area (Å²) in [6, 6.07) is 28.4. The first-order valence-electron chi connectivity index (χ1n) is 11.5. The zero-order valence-electron chi connectivity index (χ0n) is 19.2. The lowest BCUT2D eigenvalue weighted by Crippen LogP contribution is -2.24. The van der Waals surface area contributed by atoms with Crippen molar-refractivity contribution in [3.8, 4) is 22.5 Å². The van der Waals surface area contributed by atoms with Crippen LogP contribution in [0, 0.1) is 0 Å². The highest BCUT2D eigenvalue weighted by atomic mass is 79.9. The van der Waals surface area contributed by atoms with Gasteiger partial charge in [0.25, 0.3) is 5.91 Å². The Morgan fingerprint density at radius 1 is 0.971 bits per heavy atom. The number of thioether (sulfide) groups is 1. The molecule has 0 saturated heterocycles. The van der Waals surface area contributed by atoms with Crippen LogP contribution in [0.2, 0.25) is 0 Å². The molecule has 3 aromatic carbocycles. The second-order valence-corrected chi connectivity index (χ2v) is 9.92. The average molecular weight is 535 g/mol. The molecule has 4 nitrogen and oxygen atoms in total. The van der Waals surface area contributed by atoms with Crippen LogP contribution in [0.25, 0.3) is 22.5 Å². The fourth-order valence-electron chi connectivity index (χ4n) is 3.83. The number of nitrogens with zero attached hydrogens (tertiary/aromatic N) is 2. The van der Waals surface area contributed by atoms with Crippen LogP contribution in [0.4, 0.5) is 0 Å². The van der Waals surface area contributed by atoms with Crippen molar-refractivity contribution in [2.24, 2.45) is 0 Å². The average Bonchev–Trinajstić information content (AvgIpc) is 3.23. The second kappa shape index (κ2) is 12.0. The number of carbonyl (C=O) groups excluding carboxylic acids is 1. The topological polar surface area (TPSA) is 46.9 Å². The predicted octanol–water partition coefficient (Wildman–Crippen LogP) is 7.30. The highest BCUT2D eigenvalue weighted by molar-refractivity contribution is 9.10. The quantitative estimate of drug-likeness (QED) is 0.172. The van der Waals surface area contributed by atoms with Gasteiger partial charge in [-0.05, 0) is 31.0 Å². The highest BCUT2D eigenvalue weighted by Gasteiger charge is 2.19. The van der Waals surface area contributed by atoms with Crippen LogP contribution in [0.5, 0.6) is 0 Å². The van der Waals surface area contributed by atoms with Crippen molar-refractivity contribution >= 4 is 33.6 Å². The Morgan fingerprint density at radius 3 is 2.35 bits per heavy atom. The second-order valence-electron chi connectivity index (χ2n) is 7.94. The molecule has 4 rings (SSSR count). The van der Waals surface area contributed by atoms with Crippen molar-refractivity contribution in [1.29, 1.82) is 0 Å². The molecular weight excluding hydrogens is 506 g/mol. The number of benzene rings is 3. The van der Waals surface area contributed by atoms with Gasteiger partial charge >= 0.3 is 0 Å². The van der Waals surface area contributed by atoms with Gasteiger partial charge in [-0.25, -0.2) is 4.98 Å². The molecule has 6 heteroatoms. The summed E-state index contributed by atoms with van der Waals surface area (Å²) < 4.78 is 3.25. The predicted molar refractivity (Wildman–Crippen MR) is 145 cm³/mol. The van der Waals surface area contributed by atoms with Gasteiger partial charge in [0.2, 0.25) is 0 Å². The summed E-state index contributed by atoms with van der Waals surface area (Å²) in [6.07, 6.45) is 1.89. The first-order valence-corrected chi connectivity index (χ1v) is 13.3. The van der Waals surface area contributed by atoms with Gasteiger partial charge in [0, 0.05) is 40.0 Å². The third-order valence-electron chi connectivity index (χ3n) is 5.40. The Hall–Kier alpha value is -2.83. The zero-order chi connectivity index (χ0) is 23.8. The molecule has 1 N–H and O–H groups in total. The summed E-state index contributed by atoms with van der Waals surface area (Å²) in [6.45, 7) is 3.73. The van der Waals surface area contributed by atoms with Gasteiger partial charge in [-0.1, -0.05) is 101 Å². The van der Waals surface area contributed by atoms with E-state index in [1.54, 1.807) is 11.8 Å². The molecule has 0 spiro atoms. The molecule has 0 fully saturated rings. The number of amides is 1. The Bertz CT molecular complexity index is 1230. The fourth-order valence-corrected chi connectivity index (χ4v) is 5.19.